The van der Waals surface area contributed by atoms with Crippen LogP contribution in [0.1, 0.15) is 55.7 Å². The highest BCUT2D eigenvalue weighted by Crippen LogP contribution is 2.17. The highest BCUT2D eigenvalue weighted by Gasteiger charge is 2.13. The quantitative estimate of drug-likeness (QED) is 0.649. The second kappa shape index (κ2) is 8.08. The number of carbonyl (C=O) groups is 1. The third-order valence-electron chi connectivity index (χ3n) is 4.43. The molecule has 1 aromatic rings. The first-order valence-electron chi connectivity index (χ1n) is 8.20. The van der Waals surface area contributed by atoms with Crippen LogP contribution in [0, 0.1) is 13.8 Å². The summed E-state index contributed by atoms with van der Waals surface area (Å²) in [6.07, 6.45) is 6.22. The van der Waals surface area contributed by atoms with Gasteiger partial charge in [0.25, 0.3) is 5.91 Å². The van der Waals surface area contributed by atoms with Gasteiger partial charge < -0.3 is 5.32 Å². The maximum absolute atomic E-state index is 11.9. The molecule has 2 N–H and O–H groups in total. The number of hydrogen-bond donors (Lipinski definition) is 2. The molecule has 1 aromatic carbocycles. The fraction of sp³-hybridized carbons (Fsp3) is 0.556. The van der Waals surface area contributed by atoms with Gasteiger partial charge in [0.05, 0.1) is 12.3 Å². The molecule has 0 aliphatic heterocycles. The van der Waals surface area contributed by atoms with Crippen molar-refractivity contribution < 1.29 is 4.79 Å². The molecule has 1 aliphatic rings. The minimum atomic E-state index is -0.0752. The topological polar surface area (TPSA) is 53.5 Å². The van der Waals surface area contributed by atoms with Gasteiger partial charge in [0.1, 0.15) is 0 Å². The first-order chi connectivity index (χ1) is 10.6. The lowest BCUT2D eigenvalue weighted by atomic mass is 9.95. The van der Waals surface area contributed by atoms with Crippen molar-refractivity contribution in [3.8, 4) is 0 Å². The van der Waals surface area contributed by atoms with Gasteiger partial charge in [-0.2, -0.15) is 5.10 Å². The Morgan fingerprint density at radius 3 is 2.59 bits per heavy atom. The standard InChI is InChI=1S/C18H27N3O/c1-13-9-10-16(11-14(13)2)15(3)20-21-18(22)12-19-17-7-5-4-6-8-17/h9-11,17,19H,4-8,12H2,1-3H3,(H,21,22)/b20-15-. The van der Waals surface area contributed by atoms with Crippen molar-refractivity contribution >= 4 is 11.6 Å². The number of nitrogens with zero attached hydrogens (tertiary/aromatic N) is 1. The minimum absolute atomic E-state index is 0.0752. The molecular weight excluding hydrogens is 274 g/mol. The number of hydrogen-bond acceptors (Lipinski definition) is 3. The molecule has 0 bridgehead atoms. The average Bonchev–Trinajstić information content (AvgIpc) is 2.54. The number of hydrazone groups is 1. The summed E-state index contributed by atoms with van der Waals surface area (Å²) in [7, 11) is 0. The Morgan fingerprint density at radius 1 is 1.18 bits per heavy atom. The molecule has 1 fully saturated rings. The fourth-order valence-electron chi connectivity index (χ4n) is 2.76. The van der Waals surface area contributed by atoms with Crippen LogP contribution in [0.4, 0.5) is 0 Å². The van der Waals surface area contributed by atoms with Gasteiger partial charge in [-0.3, -0.25) is 4.79 Å². The lowest BCUT2D eigenvalue weighted by molar-refractivity contribution is -0.120. The van der Waals surface area contributed by atoms with Gasteiger partial charge in [-0.1, -0.05) is 31.4 Å². The van der Waals surface area contributed by atoms with Crippen LogP contribution in [-0.2, 0) is 4.79 Å². The molecule has 4 nitrogen and oxygen atoms in total. The fourth-order valence-corrected chi connectivity index (χ4v) is 2.76. The summed E-state index contributed by atoms with van der Waals surface area (Å²) < 4.78 is 0. The zero-order valence-electron chi connectivity index (χ0n) is 13.9. The Kier molecular flexibility index (Phi) is 6.13. The van der Waals surface area contributed by atoms with E-state index in [1.165, 1.54) is 43.2 Å². The van der Waals surface area contributed by atoms with Gasteiger partial charge in [0.15, 0.2) is 0 Å². The van der Waals surface area contributed by atoms with Crippen molar-refractivity contribution in [2.24, 2.45) is 5.10 Å². The van der Waals surface area contributed by atoms with E-state index in [0.29, 0.717) is 12.6 Å². The Hall–Kier alpha value is -1.68. The molecule has 2 rings (SSSR count). The van der Waals surface area contributed by atoms with Crippen LogP contribution in [-0.4, -0.2) is 24.2 Å². The van der Waals surface area contributed by atoms with Crippen molar-refractivity contribution in [2.45, 2.75) is 58.9 Å². The van der Waals surface area contributed by atoms with Gasteiger partial charge in [0.2, 0.25) is 0 Å². The van der Waals surface area contributed by atoms with Gasteiger partial charge in [-0.25, -0.2) is 5.43 Å². The molecule has 0 spiro atoms. The molecule has 0 unspecified atom stereocenters. The lowest BCUT2D eigenvalue weighted by Gasteiger charge is -2.22. The van der Waals surface area contributed by atoms with Crippen LogP contribution < -0.4 is 10.7 Å². The number of nitrogens with one attached hydrogen (secondary N) is 2. The molecule has 0 atom stereocenters. The molecule has 22 heavy (non-hydrogen) atoms. The normalized spacial score (nSPS) is 16.6. The summed E-state index contributed by atoms with van der Waals surface area (Å²) in [6, 6.07) is 6.70. The Morgan fingerprint density at radius 2 is 1.91 bits per heavy atom. The number of amides is 1. The molecule has 1 amide bonds. The van der Waals surface area contributed by atoms with Gasteiger partial charge in [-0.15, -0.1) is 0 Å². The first kappa shape index (κ1) is 16.7. The van der Waals surface area contributed by atoms with E-state index in [1.54, 1.807) is 0 Å². The molecular formula is C18H27N3O. The predicted molar refractivity (Wildman–Crippen MR) is 91.1 cm³/mol. The van der Waals surface area contributed by atoms with Crippen LogP contribution in [0.15, 0.2) is 23.3 Å². The van der Waals surface area contributed by atoms with Crippen LogP contribution in [0.5, 0.6) is 0 Å². The highest BCUT2D eigenvalue weighted by atomic mass is 16.2. The van der Waals surface area contributed by atoms with Gasteiger partial charge in [-0.05, 0) is 56.4 Å². The molecule has 1 aliphatic carbocycles. The van der Waals surface area contributed by atoms with Crippen LogP contribution in [0.3, 0.4) is 0 Å². The van der Waals surface area contributed by atoms with Crippen molar-refractivity contribution in [2.75, 3.05) is 6.54 Å². The number of aryl methyl sites for hydroxylation is 2. The van der Waals surface area contributed by atoms with Crippen molar-refractivity contribution in [1.29, 1.82) is 0 Å². The van der Waals surface area contributed by atoms with E-state index in [1.807, 2.05) is 13.0 Å². The minimum Gasteiger partial charge on any atom is -0.306 e. The second-order valence-corrected chi connectivity index (χ2v) is 6.25. The summed E-state index contributed by atoms with van der Waals surface area (Å²) in [4.78, 5) is 11.9. The number of benzene rings is 1. The Balaban J connectivity index is 1.81. The summed E-state index contributed by atoms with van der Waals surface area (Å²) >= 11 is 0. The summed E-state index contributed by atoms with van der Waals surface area (Å²) in [5.74, 6) is -0.0752. The Labute approximate surface area is 133 Å². The predicted octanol–water partition coefficient (Wildman–Crippen LogP) is 3.07. The number of carbonyl (C=O) groups excluding carboxylic acids is 1. The van der Waals surface area contributed by atoms with E-state index in [4.69, 9.17) is 0 Å². The average molecular weight is 301 g/mol. The van der Waals surface area contributed by atoms with Crippen molar-refractivity contribution in [3.05, 3.63) is 34.9 Å². The molecule has 120 valence electrons. The molecule has 4 heteroatoms. The van der Waals surface area contributed by atoms with Crippen LogP contribution >= 0.6 is 0 Å². The maximum atomic E-state index is 11.9. The largest absolute Gasteiger partial charge is 0.306 e. The SMILES string of the molecule is C/C(=N/NC(=O)CNC1CCCCC1)c1ccc(C)c(C)c1. The van der Waals surface area contributed by atoms with Crippen LogP contribution in [0.2, 0.25) is 0 Å². The smallest absolute Gasteiger partial charge is 0.254 e. The highest BCUT2D eigenvalue weighted by molar-refractivity contribution is 5.99. The monoisotopic (exact) mass is 301 g/mol. The van der Waals surface area contributed by atoms with E-state index in [-0.39, 0.29) is 5.91 Å². The molecule has 1 saturated carbocycles. The van der Waals surface area contributed by atoms with Crippen LogP contribution in [0.25, 0.3) is 0 Å². The van der Waals surface area contributed by atoms with E-state index < -0.39 is 0 Å². The third kappa shape index (κ3) is 4.95. The van der Waals surface area contributed by atoms with E-state index in [0.717, 1.165) is 11.3 Å². The molecule has 0 heterocycles. The summed E-state index contributed by atoms with van der Waals surface area (Å²) in [5, 5.41) is 7.53. The van der Waals surface area contributed by atoms with Crippen molar-refractivity contribution in [3.63, 3.8) is 0 Å². The maximum Gasteiger partial charge on any atom is 0.254 e. The first-order valence-corrected chi connectivity index (χ1v) is 8.20. The van der Waals surface area contributed by atoms with E-state index in [9.17, 15) is 4.79 Å². The molecule has 0 aromatic heterocycles. The van der Waals surface area contributed by atoms with E-state index >= 15 is 0 Å². The summed E-state index contributed by atoms with van der Waals surface area (Å²) in [6.45, 7) is 6.43. The van der Waals surface area contributed by atoms with Crippen molar-refractivity contribution in [1.82, 2.24) is 10.7 Å². The van der Waals surface area contributed by atoms with Gasteiger partial charge >= 0.3 is 0 Å². The second-order valence-electron chi connectivity index (χ2n) is 6.25. The van der Waals surface area contributed by atoms with Gasteiger partial charge in [0, 0.05) is 6.04 Å². The Bertz CT molecular complexity index is 545. The number of rotatable bonds is 5. The lowest BCUT2D eigenvalue weighted by Crippen LogP contribution is -2.38. The molecule has 0 radical (unpaired) electrons. The van der Waals surface area contributed by atoms with E-state index in [2.05, 4.69) is 41.8 Å². The molecule has 0 saturated heterocycles. The third-order valence-corrected chi connectivity index (χ3v) is 4.43. The zero-order valence-corrected chi connectivity index (χ0v) is 13.9. The zero-order chi connectivity index (χ0) is 15.9. The summed E-state index contributed by atoms with van der Waals surface area (Å²) in [5.41, 5.74) is 7.01.